The third-order valence-corrected chi connectivity index (χ3v) is 3.54. The summed E-state index contributed by atoms with van der Waals surface area (Å²) in [6, 6.07) is 8.60. The number of aliphatic carboxylic acids is 1. The highest BCUT2D eigenvalue weighted by Crippen LogP contribution is 2.32. The van der Waals surface area contributed by atoms with Gasteiger partial charge in [-0.15, -0.1) is 12.4 Å². The lowest BCUT2D eigenvalue weighted by atomic mass is 9.83. The van der Waals surface area contributed by atoms with E-state index < -0.39 is 12.0 Å². The molecule has 0 saturated heterocycles. The molecule has 0 aromatic heterocycles. The first-order valence-electron chi connectivity index (χ1n) is 6.75. The maximum Gasteiger partial charge on any atom is 0.328 e. The SMILES string of the molecule is CC(N=CC1=C(O)CC(c2ccccc2)CC1=O)C(=O)O.Cl. The monoisotopic (exact) mass is 323 g/mol. The number of benzene rings is 1. The maximum absolute atomic E-state index is 12.1. The van der Waals surface area contributed by atoms with E-state index in [4.69, 9.17) is 5.11 Å². The molecule has 0 fully saturated rings. The number of carbonyl (C=O) groups excluding carboxylic acids is 1. The van der Waals surface area contributed by atoms with Gasteiger partial charge in [0.25, 0.3) is 0 Å². The summed E-state index contributed by atoms with van der Waals surface area (Å²) >= 11 is 0. The molecule has 5 nitrogen and oxygen atoms in total. The topological polar surface area (TPSA) is 87.0 Å². The van der Waals surface area contributed by atoms with Crippen LogP contribution in [0.3, 0.4) is 0 Å². The van der Waals surface area contributed by atoms with Crippen molar-refractivity contribution in [3.8, 4) is 0 Å². The van der Waals surface area contributed by atoms with Crippen LogP contribution in [-0.4, -0.2) is 34.2 Å². The number of halogens is 1. The first kappa shape index (κ1) is 17.9. The minimum atomic E-state index is -1.07. The Balaban J connectivity index is 0.00000242. The van der Waals surface area contributed by atoms with E-state index in [-0.39, 0.29) is 41.9 Å². The van der Waals surface area contributed by atoms with E-state index in [9.17, 15) is 14.7 Å². The molecule has 0 amide bonds. The number of aliphatic hydroxyl groups is 1. The van der Waals surface area contributed by atoms with Gasteiger partial charge in [-0.1, -0.05) is 30.3 Å². The quantitative estimate of drug-likeness (QED) is 0.834. The van der Waals surface area contributed by atoms with Crippen LogP contribution in [-0.2, 0) is 9.59 Å². The van der Waals surface area contributed by atoms with Gasteiger partial charge < -0.3 is 10.2 Å². The van der Waals surface area contributed by atoms with Crippen molar-refractivity contribution in [1.29, 1.82) is 0 Å². The van der Waals surface area contributed by atoms with Crippen LogP contribution >= 0.6 is 12.4 Å². The first-order chi connectivity index (χ1) is 9.99. The van der Waals surface area contributed by atoms with E-state index in [0.29, 0.717) is 6.42 Å². The average molecular weight is 324 g/mol. The number of carboxylic acids is 1. The number of ketones is 1. The van der Waals surface area contributed by atoms with Crippen molar-refractivity contribution in [2.45, 2.75) is 31.7 Å². The van der Waals surface area contributed by atoms with Crippen LogP contribution < -0.4 is 0 Å². The molecule has 6 heteroatoms. The van der Waals surface area contributed by atoms with Crippen molar-refractivity contribution in [1.82, 2.24) is 0 Å². The van der Waals surface area contributed by atoms with E-state index >= 15 is 0 Å². The summed E-state index contributed by atoms with van der Waals surface area (Å²) in [6.07, 6.45) is 1.83. The van der Waals surface area contributed by atoms with Crippen molar-refractivity contribution in [2.24, 2.45) is 4.99 Å². The summed E-state index contributed by atoms with van der Waals surface area (Å²) in [5.41, 5.74) is 1.13. The molecular weight excluding hydrogens is 306 g/mol. The van der Waals surface area contributed by atoms with Gasteiger partial charge in [-0.05, 0) is 18.4 Å². The zero-order chi connectivity index (χ0) is 15.4. The minimum absolute atomic E-state index is 0. The van der Waals surface area contributed by atoms with Crippen LogP contribution in [0.2, 0.25) is 0 Å². The van der Waals surface area contributed by atoms with Gasteiger partial charge in [0.2, 0.25) is 0 Å². The summed E-state index contributed by atoms with van der Waals surface area (Å²) in [6.45, 7) is 1.41. The van der Waals surface area contributed by atoms with Gasteiger partial charge in [0.05, 0.1) is 5.57 Å². The summed E-state index contributed by atoms with van der Waals surface area (Å²) in [7, 11) is 0. The largest absolute Gasteiger partial charge is 0.511 e. The summed E-state index contributed by atoms with van der Waals surface area (Å²) in [5, 5.41) is 18.8. The molecule has 0 saturated carbocycles. The van der Waals surface area contributed by atoms with Crippen LogP contribution in [0.25, 0.3) is 0 Å². The second-order valence-electron chi connectivity index (χ2n) is 5.09. The molecule has 1 aliphatic rings. The third-order valence-electron chi connectivity index (χ3n) is 3.54. The number of rotatable bonds is 4. The van der Waals surface area contributed by atoms with Crippen LogP contribution in [0.1, 0.15) is 31.2 Å². The van der Waals surface area contributed by atoms with E-state index in [0.717, 1.165) is 5.56 Å². The molecule has 0 aliphatic heterocycles. The van der Waals surface area contributed by atoms with Crippen molar-refractivity contribution in [3.05, 3.63) is 47.2 Å². The average Bonchev–Trinajstić information content (AvgIpc) is 2.46. The molecule has 2 rings (SSSR count). The molecular formula is C16H18ClNO4. The summed E-state index contributed by atoms with van der Waals surface area (Å²) in [4.78, 5) is 26.6. The molecule has 2 unspecified atom stereocenters. The van der Waals surface area contributed by atoms with Gasteiger partial charge >= 0.3 is 5.97 Å². The normalized spacial score (nSPS) is 19.9. The van der Waals surface area contributed by atoms with E-state index in [2.05, 4.69) is 4.99 Å². The number of allylic oxidation sites excluding steroid dienone is 2. The van der Waals surface area contributed by atoms with Gasteiger partial charge in [-0.25, -0.2) is 4.79 Å². The molecule has 1 aromatic carbocycles. The predicted octanol–water partition coefficient (Wildman–Crippen LogP) is 2.91. The van der Waals surface area contributed by atoms with Crippen LogP contribution in [0.5, 0.6) is 0 Å². The highest BCUT2D eigenvalue weighted by atomic mass is 35.5. The molecule has 0 bridgehead atoms. The Kier molecular flexibility index (Phi) is 6.31. The Morgan fingerprint density at radius 1 is 1.32 bits per heavy atom. The van der Waals surface area contributed by atoms with E-state index in [1.807, 2.05) is 30.3 Å². The first-order valence-corrected chi connectivity index (χ1v) is 6.75. The number of hydrogen-bond acceptors (Lipinski definition) is 4. The Hall–Kier alpha value is -2.14. The smallest absolute Gasteiger partial charge is 0.328 e. The van der Waals surface area contributed by atoms with Crippen LogP contribution in [0.15, 0.2) is 46.7 Å². The number of hydrogen-bond donors (Lipinski definition) is 2. The van der Waals surface area contributed by atoms with Gasteiger partial charge in [0, 0.05) is 19.1 Å². The molecule has 0 spiro atoms. The van der Waals surface area contributed by atoms with E-state index in [1.165, 1.54) is 13.1 Å². The molecule has 0 heterocycles. The fraction of sp³-hybridized carbons (Fsp3) is 0.312. The Morgan fingerprint density at radius 3 is 2.50 bits per heavy atom. The highest BCUT2D eigenvalue weighted by molar-refractivity contribution is 6.14. The number of carboxylic acid groups (broad SMARTS) is 1. The lowest BCUT2D eigenvalue weighted by Crippen LogP contribution is -2.20. The number of Topliss-reactive ketones (excluding diaryl/α,β-unsaturated/α-hetero) is 1. The van der Waals surface area contributed by atoms with Crippen molar-refractivity contribution < 1.29 is 19.8 Å². The van der Waals surface area contributed by atoms with Gasteiger partial charge in [-0.2, -0.15) is 0 Å². The standard InChI is InChI=1S/C16H17NO4.ClH/c1-10(16(20)21)17-9-13-14(18)7-12(8-15(13)19)11-5-3-2-4-6-11;/h2-6,9-10,12,18H,7-8H2,1H3,(H,20,21);1H. The minimum Gasteiger partial charge on any atom is -0.511 e. The number of nitrogens with zero attached hydrogens (tertiary/aromatic N) is 1. The van der Waals surface area contributed by atoms with E-state index in [1.54, 1.807) is 0 Å². The zero-order valence-electron chi connectivity index (χ0n) is 12.1. The number of aliphatic hydroxyl groups excluding tert-OH is 1. The fourth-order valence-corrected chi connectivity index (χ4v) is 2.27. The highest BCUT2D eigenvalue weighted by Gasteiger charge is 2.27. The lowest BCUT2D eigenvalue weighted by Gasteiger charge is -2.22. The molecule has 1 aliphatic carbocycles. The number of aliphatic imine (C=N–C) groups is 1. The summed E-state index contributed by atoms with van der Waals surface area (Å²) < 4.78 is 0. The molecule has 1 aromatic rings. The van der Waals surface area contributed by atoms with Gasteiger partial charge in [0.1, 0.15) is 11.8 Å². The molecule has 118 valence electrons. The lowest BCUT2D eigenvalue weighted by molar-refractivity contribution is -0.138. The second kappa shape index (κ2) is 7.75. The molecule has 22 heavy (non-hydrogen) atoms. The molecule has 2 atom stereocenters. The maximum atomic E-state index is 12.1. The van der Waals surface area contributed by atoms with Gasteiger partial charge in [-0.3, -0.25) is 9.79 Å². The number of carbonyl (C=O) groups is 2. The Bertz CT molecular complexity index is 610. The Labute approximate surface area is 134 Å². The van der Waals surface area contributed by atoms with Crippen molar-refractivity contribution in [3.63, 3.8) is 0 Å². The van der Waals surface area contributed by atoms with Crippen LogP contribution in [0.4, 0.5) is 0 Å². The second-order valence-corrected chi connectivity index (χ2v) is 5.09. The zero-order valence-corrected chi connectivity index (χ0v) is 12.9. The summed E-state index contributed by atoms with van der Waals surface area (Å²) in [5.74, 6) is -1.36. The predicted molar refractivity (Wildman–Crippen MR) is 85.9 cm³/mol. The van der Waals surface area contributed by atoms with Crippen molar-refractivity contribution in [2.75, 3.05) is 0 Å². The van der Waals surface area contributed by atoms with Crippen molar-refractivity contribution >= 4 is 30.4 Å². The van der Waals surface area contributed by atoms with Crippen LogP contribution in [0, 0.1) is 0 Å². The third kappa shape index (κ3) is 4.18. The van der Waals surface area contributed by atoms with Gasteiger partial charge in [0.15, 0.2) is 5.78 Å². The molecule has 2 N–H and O–H groups in total. The molecule has 0 radical (unpaired) electrons. The fourth-order valence-electron chi connectivity index (χ4n) is 2.27. The Morgan fingerprint density at radius 2 is 1.95 bits per heavy atom.